The molecule has 0 unspecified atom stereocenters. The second kappa shape index (κ2) is 8.36. The molecule has 0 heterocycles. The number of aromatic carboxylic acids is 1. The van der Waals surface area contributed by atoms with Gasteiger partial charge in [0.2, 0.25) is 0 Å². The van der Waals surface area contributed by atoms with Crippen molar-refractivity contribution in [3.8, 4) is 17.6 Å². The Balaban J connectivity index is 2.45. The van der Waals surface area contributed by atoms with Crippen molar-refractivity contribution < 1.29 is 19.4 Å². The van der Waals surface area contributed by atoms with Gasteiger partial charge in [0.25, 0.3) is 0 Å². The molecule has 0 radical (unpaired) electrons. The molecule has 0 amide bonds. The summed E-state index contributed by atoms with van der Waals surface area (Å²) in [7, 11) is 1.55. The quantitative estimate of drug-likeness (QED) is 0.564. The molecule has 0 aliphatic rings. The molecule has 5 nitrogen and oxygen atoms in total. The molecule has 6 heteroatoms. The van der Waals surface area contributed by atoms with E-state index in [-0.39, 0.29) is 5.56 Å². The molecule has 2 rings (SSSR count). The third kappa shape index (κ3) is 4.40. The highest BCUT2D eigenvalue weighted by atomic mass is 79.9. The van der Waals surface area contributed by atoms with E-state index in [0.29, 0.717) is 29.2 Å². The van der Waals surface area contributed by atoms with Crippen molar-refractivity contribution in [3.63, 3.8) is 0 Å². The van der Waals surface area contributed by atoms with Crippen LogP contribution >= 0.6 is 15.9 Å². The first-order valence-corrected chi connectivity index (χ1v) is 8.25. The molecule has 0 spiro atoms. The number of hydrogen-bond acceptors (Lipinski definition) is 4. The first kappa shape index (κ1) is 18.6. The highest BCUT2D eigenvalue weighted by Crippen LogP contribution is 2.35. The number of carbonyl (C=O) groups is 1. The minimum absolute atomic E-state index is 0.171. The van der Waals surface area contributed by atoms with Crippen molar-refractivity contribution in [1.82, 2.24) is 0 Å². The van der Waals surface area contributed by atoms with Gasteiger partial charge in [0.15, 0.2) is 11.5 Å². The first-order valence-electron chi connectivity index (χ1n) is 7.46. The number of carboxylic acid groups (broad SMARTS) is 1. The van der Waals surface area contributed by atoms with Crippen LogP contribution < -0.4 is 9.47 Å². The van der Waals surface area contributed by atoms with Crippen LogP contribution in [-0.2, 0) is 0 Å². The summed E-state index contributed by atoms with van der Waals surface area (Å²) >= 11 is 3.47. The molecule has 2 aromatic carbocycles. The van der Waals surface area contributed by atoms with Crippen LogP contribution in [-0.4, -0.2) is 24.8 Å². The molecule has 128 valence electrons. The average molecular weight is 402 g/mol. The number of hydrogen-bond donors (Lipinski definition) is 1. The summed E-state index contributed by atoms with van der Waals surface area (Å²) in [6.07, 6.45) is 1.71. The van der Waals surface area contributed by atoms with Gasteiger partial charge in [-0.25, -0.2) is 4.79 Å². The van der Waals surface area contributed by atoms with Gasteiger partial charge in [0, 0.05) is 4.47 Å². The summed E-state index contributed by atoms with van der Waals surface area (Å²) < 4.78 is 11.6. The SMILES string of the molecule is CCOc1cc(Br)c(C=C(C#N)c2ccc(C(=O)O)cc2)cc1OC. The van der Waals surface area contributed by atoms with Crippen LogP contribution in [0.1, 0.15) is 28.4 Å². The summed E-state index contributed by atoms with van der Waals surface area (Å²) in [5.74, 6) is 0.168. The van der Waals surface area contributed by atoms with E-state index in [0.717, 1.165) is 10.0 Å². The first-order chi connectivity index (χ1) is 12.0. The van der Waals surface area contributed by atoms with Crippen LogP contribution in [0.25, 0.3) is 11.6 Å². The molecule has 0 saturated heterocycles. The van der Waals surface area contributed by atoms with Crippen LogP contribution in [0, 0.1) is 11.3 Å². The number of nitriles is 1. The monoisotopic (exact) mass is 401 g/mol. The second-order valence-electron chi connectivity index (χ2n) is 5.01. The predicted molar refractivity (Wildman–Crippen MR) is 98.7 cm³/mol. The van der Waals surface area contributed by atoms with Crippen LogP contribution in [0.3, 0.4) is 0 Å². The van der Waals surface area contributed by atoms with Crippen LogP contribution in [0.5, 0.6) is 11.5 Å². The highest BCUT2D eigenvalue weighted by Gasteiger charge is 2.11. The fourth-order valence-corrected chi connectivity index (χ4v) is 2.65. The van der Waals surface area contributed by atoms with E-state index in [2.05, 4.69) is 22.0 Å². The number of rotatable bonds is 6. The van der Waals surface area contributed by atoms with Crippen LogP contribution in [0.15, 0.2) is 40.9 Å². The molecule has 0 aliphatic heterocycles. The molecule has 0 bridgehead atoms. The van der Waals surface area contributed by atoms with Gasteiger partial charge in [-0.1, -0.05) is 28.1 Å². The standard InChI is InChI=1S/C19H16BrNO4/c1-3-25-18-10-16(20)14(9-17(18)24-2)8-15(11-21)12-4-6-13(7-5-12)19(22)23/h4-10H,3H2,1-2H3,(H,22,23). The number of halogens is 1. The number of methoxy groups -OCH3 is 1. The summed E-state index contributed by atoms with van der Waals surface area (Å²) in [5, 5.41) is 18.4. The lowest BCUT2D eigenvalue weighted by molar-refractivity contribution is 0.0697. The molecule has 0 fully saturated rings. The van der Waals surface area contributed by atoms with Crippen LogP contribution in [0.4, 0.5) is 0 Å². The smallest absolute Gasteiger partial charge is 0.335 e. The average Bonchev–Trinajstić information content (AvgIpc) is 2.61. The number of nitrogens with zero attached hydrogens (tertiary/aromatic N) is 1. The predicted octanol–water partition coefficient (Wildman–Crippen LogP) is 4.62. The fraction of sp³-hybridized carbons (Fsp3) is 0.158. The zero-order chi connectivity index (χ0) is 18.4. The Hall–Kier alpha value is -2.78. The van der Waals surface area contributed by atoms with Gasteiger partial charge in [0.05, 0.1) is 30.9 Å². The largest absolute Gasteiger partial charge is 0.493 e. The third-order valence-corrected chi connectivity index (χ3v) is 4.13. The van der Waals surface area contributed by atoms with E-state index in [4.69, 9.17) is 14.6 Å². The maximum atomic E-state index is 10.9. The number of carboxylic acids is 1. The van der Waals surface area contributed by atoms with Crippen molar-refractivity contribution in [2.75, 3.05) is 13.7 Å². The maximum absolute atomic E-state index is 10.9. The molecule has 1 N–H and O–H groups in total. The zero-order valence-electron chi connectivity index (χ0n) is 13.7. The van der Waals surface area contributed by atoms with Crippen molar-refractivity contribution >= 4 is 33.5 Å². The summed E-state index contributed by atoms with van der Waals surface area (Å²) in [6.45, 7) is 2.40. The van der Waals surface area contributed by atoms with Crippen molar-refractivity contribution in [2.45, 2.75) is 6.92 Å². The lowest BCUT2D eigenvalue weighted by Crippen LogP contribution is -1.97. The van der Waals surface area contributed by atoms with Gasteiger partial charge in [-0.05, 0) is 48.4 Å². The van der Waals surface area contributed by atoms with E-state index in [1.165, 1.54) is 12.1 Å². The Morgan fingerprint density at radius 2 is 1.88 bits per heavy atom. The Morgan fingerprint density at radius 1 is 1.24 bits per heavy atom. The lowest BCUT2D eigenvalue weighted by atomic mass is 10.0. The van der Waals surface area contributed by atoms with Gasteiger partial charge >= 0.3 is 5.97 Å². The van der Waals surface area contributed by atoms with E-state index in [1.54, 1.807) is 37.5 Å². The second-order valence-corrected chi connectivity index (χ2v) is 5.86. The van der Waals surface area contributed by atoms with Gasteiger partial charge in [0.1, 0.15) is 0 Å². The Morgan fingerprint density at radius 3 is 2.40 bits per heavy atom. The fourth-order valence-electron chi connectivity index (χ4n) is 2.22. The number of ether oxygens (including phenoxy) is 2. The zero-order valence-corrected chi connectivity index (χ0v) is 15.3. The minimum Gasteiger partial charge on any atom is -0.493 e. The number of benzene rings is 2. The molecular weight excluding hydrogens is 386 g/mol. The van der Waals surface area contributed by atoms with Crippen LogP contribution in [0.2, 0.25) is 0 Å². The van der Waals surface area contributed by atoms with Gasteiger partial charge < -0.3 is 14.6 Å². The Kier molecular flexibility index (Phi) is 6.20. The van der Waals surface area contributed by atoms with Gasteiger partial charge in [-0.15, -0.1) is 0 Å². The molecule has 2 aromatic rings. The van der Waals surface area contributed by atoms with Gasteiger partial charge in [-0.2, -0.15) is 5.26 Å². The van der Waals surface area contributed by atoms with E-state index in [1.807, 2.05) is 6.92 Å². The summed E-state index contributed by atoms with van der Waals surface area (Å²) in [4.78, 5) is 10.9. The molecule has 0 saturated carbocycles. The third-order valence-electron chi connectivity index (χ3n) is 3.45. The van der Waals surface area contributed by atoms with Crippen molar-refractivity contribution in [2.24, 2.45) is 0 Å². The van der Waals surface area contributed by atoms with Crippen molar-refractivity contribution in [1.29, 1.82) is 5.26 Å². The topological polar surface area (TPSA) is 79.5 Å². The molecule has 0 aromatic heterocycles. The molecule has 0 atom stereocenters. The molecule has 0 aliphatic carbocycles. The Labute approximate surface area is 154 Å². The highest BCUT2D eigenvalue weighted by molar-refractivity contribution is 9.10. The number of allylic oxidation sites excluding steroid dienone is 1. The Bertz CT molecular complexity index is 851. The lowest BCUT2D eigenvalue weighted by Gasteiger charge is -2.12. The summed E-state index contributed by atoms with van der Waals surface area (Å²) in [6, 6.07) is 11.9. The normalized spacial score (nSPS) is 10.9. The van der Waals surface area contributed by atoms with Gasteiger partial charge in [-0.3, -0.25) is 0 Å². The van der Waals surface area contributed by atoms with E-state index < -0.39 is 5.97 Å². The van der Waals surface area contributed by atoms with E-state index >= 15 is 0 Å². The minimum atomic E-state index is -1.01. The summed E-state index contributed by atoms with van der Waals surface area (Å²) in [5.41, 5.74) is 1.96. The maximum Gasteiger partial charge on any atom is 0.335 e. The van der Waals surface area contributed by atoms with Crippen molar-refractivity contribution in [3.05, 3.63) is 57.6 Å². The molecular formula is C19H16BrNO4. The van der Waals surface area contributed by atoms with E-state index in [9.17, 15) is 10.1 Å². The molecule has 25 heavy (non-hydrogen) atoms.